The minimum Gasteiger partial charge on any atom is -0.368 e. The fourth-order valence-electron chi connectivity index (χ4n) is 1.69. The van der Waals surface area contributed by atoms with Crippen LogP contribution in [-0.2, 0) is 6.54 Å². The molecule has 0 bridgehead atoms. The second-order valence-corrected chi connectivity index (χ2v) is 6.21. The molecule has 1 aromatic carbocycles. The largest absolute Gasteiger partial charge is 0.368 e. The van der Waals surface area contributed by atoms with Crippen molar-refractivity contribution < 1.29 is 0 Å². The van der Waals surface area contributed by atoms with Gasteiger partial charge in [-0.15, -0.1) is 11.3 Å². The maximum Gasteiger partial charge on any atom is 0.101 e. The summed E-state index contributed by atoms with van der Waals surface area (Å²) in [4.78, 5) is 3.29. The van der Waals surface area contributed by atoms with Crippen LogP contribution in [0.4, 0.5) is 5.69 Å². The highest BCUT2D eigenvalue weighted by molar-refractivity contribution is 9.10. The highest BCUT2D eigenvalue weighted by atomic mass is 79.9. The molecular formula is C13H10BrClN2S. The highest BCUT2D eigenvalue weighted by Gasteiger charge is 2.09. The van der Waals surface area contributed by atoms with E-state index in [9.17, 15) is 0 Å². The molecule has 0 atom stereocenters. The first kappa shape index (κ1) is 13.4. The van der Waals surface area contributed by atoms with Crippen molar-refractivity contribution in [3.05, 3.63) is 49.6 Å². The van der Waals surface area contributed by atoms with Crippen LogP contribution in [0, 0.1) is 11.3 Å². The van der Waals surface area contributed by atoms with Crippen LogP contribution in [0.2, 0.25) is 5.02 Å². The number of nitrogens with zero attached hydrogens (tertiary/aromatic N) is 2. The van der Waals surface area contributed by atoms with E-state index >= 15 is 0 Å². The van der Waals surface area contributed by atoms with Crippen LogP contribution in [0.3, 0.4) is 0 Å². The predicted octanol–water partition coefficient (Wildman–Crippen LogP) is 4.67. The van der Waals surface area contributed by atoms with Crippen molar-refractivity contribution in [3.63, 3.8) is 0 Å². The first-order valence-corrected chi connectivity index (χ1v) is 7.29. The number of halogens is 2. The summed E-state index contributed by atoms with van der Waals surface area (Å²) < 4.78 is 1.09. The van der Waals surface area contributed by atoms with Crippen molar-refractivity contribution in [2.24, 2.45) is 0 Å². The average Bonchev–Trinajstić information content (AvgIpc) is 2.74. The van der Waals surface area contributed by atoms with Crippen molar-refractivity contribution in [2.45, 2.75) is 6.54 Å². The van der Waals surface area contributed by atoms with Gasteiger partial charge in [0.1, 0.15) is 6.07 Å². The van der Waals surface area contributed by atoms with E-state index in [0.717, 1.165) is 16.7 Å². The highest BCUT2D eigenvalue weighted by Crippen LogP contribution is 2.26. The standard InChI is InChI=1S/C13H10BrClN2S/c1-17(7-12-5-10(14)8-18-12)13-3-2-11(15)4-9(13)6-16/h2-5,8H,7H2,1H3. The first-order chi connectivity index (χ1) is 8.60. The van der Waals surface area contributed by atoms with Gasteiger partial charge in [0, 0.05) is 26.8 Å². The van der Waals surface area contributed by atoms with Crippen molar-refractivity contribution in [1.82, 2.24) is 0 Å². The molecule has 0 amide bonds. The summed E-state index contributed by atoms with van der Waals surface area (Å²) in [5, 5.41) is 11.8. The fourth-order valence-corrected chi connectivity index (χ4v) is 3.36. The molecule has 2 aromatic rings. The van der Waals surface area contributed by atoms with Crippen molar-refractivity contribution in [3.8, 4) is 6.07 Å². The molecular weight excluding hydrogens is 332 g/mol. The number of nitriles is 1. The summed E-state index contributed by atoms with van der Waals surface area (Å²) in [6, 6.07) is 9.64. The van der Waals surface area contributed by atoms with E-state index in [-0.39, 0.29) is 0 Å². The monoisotopic (exact) mass is 340 g/mol. The van der Waals surface area contributed by atoms with Gasteiger partial charge in [-0.05, 0) is 40.2 Å². The quantitative estimate of drug-likeness (QED) is 0.811. The Bertz CT molecular complexity index is 603. The van der Waals surface area contributed by atoms with Crippen LogP contribution >= 0.6 is 38.9 Å². The molecule has 0 spiro atoms. The zero-order chi connectivity index (χ0) is 13.1. The average molecular weight is 342 g/mol. The molecule has 0 aliphatic carbocycles. The zero-order valence-electron chi connectivity index (χ0n) is 9.65. The molecule has 0 unspecified atom stereocenters. The van der Waals surface area contributed by atoms with Gasteiger partial charge in [-0.2, -0.15) is 5.26 Å². The lowest BCUT2D eigenvalue weighted by atomic mass is 10.2. The third kappa shape index (κ3) is 3.05. The van der Waals surface area contributed by atoms with E-state index in [4.69, 9.17) is 16.9 Å². The van der Waals surface area contributed by atoms with Crippen LogP contribution in [0.15, 0.2) is 34.1 Å². The Morgan fingerprint density at radius 1 is 1.44 bits per heavy atom. The summed E-state index contributed by atoms with van der Waals surface area (Å²) in [6.07, 6.45) is 0. The topological polar surface area (TPSA) is 27.0 Å². The summed E-state index contributed by atoms with van der Waals surface area (Å²) in [5.74, 6) is 0. The van der Waals surface area contributed by atoms with Gasteiger partial charge >= 0.3 is 0 Å². The predicted molar refractivity (Wildman–Crippen MR) is 80.3 cm³/mol. The van der Waals surface area contributed by atoms with Gasteiger partial charge in [-0.25, -0.2) is 0 Å². The van der Waals surface area contributed by atoms with Crippen molar-refractivity contribution in [2.75, 3.05) is 11.9 Å². The van der Waals surface area contributed by atoms with E-state index in [1.807, 2.05) is 18.0 Å². The number of thiophene rings is 1. The Morgan fingerprint density at radius 2 is 2.22 bits per heavy atom. The molecule has 0 saturated carbocycles. The van der Waals surface area contributed by atoms with Gasteiger partial charge in [0.15, 0.2) is 0 Å². The summed E-state index contributed by atoms with van der Waals surface area (Å²) >= 11 is 11.0. The molecule has 5 heteroatoms. The van der Waals surface area contributed by atoms with Crippen LogP contribution in [-0.4, -0.2) is 7.05 Å². The molecule has 1 aromatic heterocycles. The van der Waals surface area contributed by atoms with E-state index in [2.05, 4.69) is 33.4 Å². The summed E-state index contributed by atoms with van der Waals surface area (Å²) in [5.41, 5.74) is 1.49. The van der Waals surface area contributed by atoms with Gasteiger partial charge in [-0.1, -0.05) is 11.6 Å². The molecule has 1 heterocycles. The lowest BCUT2D eigenvalue weighted by Crippen LogP contribution is -2.16. The lowest BCUT2D eigenvalue weighted by molar-refractivity contribution is 0.937. The Labute approximate surface area is 124 Å². The SMILES string of the molecule is CN(Cc1cc(Br)cs1)c1ccc(Cl)cc1C#N. The summed E-state index contributed by atoms with van der Waals surface area (Å²) in [6.45, 7) is 0.770. The number of hydrogen-bond acceptors (Lipinski definition) is 3. The summed E-state index contributed by atoms with van der Waals surface area (Å²) in [7, 11) is 1.97. The van der Waals surface area contributed by atoms with Crippen molar-refractivity contribution >= 4 is 44.6 Å². The van der Waals surface area contributed by atoms with Gasteiger partial charge in [0.25, 0.3) is 0 Å². The van der Waals surface area contributed by atoms with E-state index < -0.39 is 0 Å². The molecule has 0 fully saturated rings. The smallest absolute Gasteiger partial charge is 0.101 e. The van der Waals surface area contributed by atoms with Gasteiger partial charge in [0.05, 0.1) is 17.8 Å². The van der Waals surface area contributed by atoms with Crippen LogP contribution < -0.4 is 4.90 Å². The Kier molecular flexibility index (Phi) is 4.28. The third-order valence-corrected chi connectivity index (χ3v) is 4.42. The molecule has 2 nitrogen and oxygen atoms in total. The minimum atomic E-state index is 0.586. The van der Waals surface area contributed by atoms with Gasteiger partial charge in [-0.3, -0.25) is 0 Å². The number of hydrogen-bond donors (Lipinski definition) is 0. The molecule has 2 rings (SSSR count). The van der Waals surface area contributed by atoms with Crippen molar-refractivity contribution in [1.29, 1.82) is 5.26 Å². The van der Waals surface area contributed by atoms with Crippen LogP contribution in [0.25, 0.3) is 0 Å². The Hall–Kier alpha value is -1.02. The van der Waals surface area contributed by atoms with E-state index in [1.165, 1.54) is 4.88 Å². The second kappa shape index (κ2) is 5.75. The Morgan fingerprint density at radius 3 is 2.83 bits per heavy atom. The lowest BCUT2D eigenvalue weighted by Gasteiger charge is -2.19. The maximum atomic E-state index is 9.12. The second-order valence-electron chi connectivity index (χ2n) is 3.86. The number of rotatable bonds is 3. The van der Waals surface area contributed by atoms with E-state index in [0.29, 0.717) is 10.6 Å². The zero-order valence-corrected chi connectivity index (χ0v) is 12.8. The Balaban J connectivity index is 2.24. The molecule has 0 N–H and O–H groups in total. The molecule has 0 aliphatic rings. The third-order valence-electron chi connectivity index (χ3n) is 2.51. The van der Waals surface area contributed by atoms with Crippen LogP contribution in [0.5, 0.6) is 0 Å². The minimum absolute atomic E-state index is 0.586. The number of anilines is 1. The van der Waals surface area contributed by atoms with Gasteiger partial charge in [0.2, 0.25) is 0 Å². The fraction of sp³-hybridized carbons (Fsp3) is 0.154. The maximum absolute atomic E-state index is 9.12. The molecule has 0 saturated heterocycles. The van der Waals surface area contributed by atoms with Crippen LogP contribution in [0.1, 0.15) is 10.4 Å². The molecule has 0 radical (unpaired) electrons. The van der Waals surface area contributed by atoms with E-state index in [1.54, 1.807) is 23.5 Å². The molecule has 92 valence electrons. The molecule has 0 aliphatic heterocycles. The molecule has 18 heavy (non-hydrogen) atoms. The first-order valence-electron chi connectivity index (χ1n) is 5.24. The normalized spacial score (nSPS) is 10.1. The number of benzene rings is 1. The van der Waals surface area contributed by atoms with Gasteiger partial charge < -0.3 is 4.90 Å².